The molecular formula is C15H27IN4O. The number of amides is 1. The lowest BCUT2D eigenvalue weighted by molar-refractivity contribution is -0.134. The van der Waals surface area contributed by atoms with Crippen LogP contribution in [0.2, 0.25) is 0 Å². The molecule has 120 valence electrons. The quantitative estimate of drug-likeness (QED) is 0.324. The summed E-state index contributed by atoms with van der Waals surface area (Å²) in [6, 6.07) is 0.302. The molecule has 1 saturated heterocycles. The van der Waals surface area contributed by atoms with Gasteiger partial charge in [-0.2, -0.15) is 0 Å². The topological polar surface area (TPSA) is 56.7 Å². The van der Waals surface area contributed by atoms with Crippen LogP contribution in [0.25, 0.3) is 0 Å². The van der Waals surface area contributed by atoms with E-state index in [1.54, 1.807) is 13.1 Å². The fourth-order valence-electron chi connectivity index (χ4n) is 3.07. The Kier molecular flexibility index (Phi) is 8.06. The molecule has 0 aromatic heterocycles. The zero-order chi connectivity index (χ0) is 14.4. The lowest BCUT2D eigenvalue weighted by atomic mass is 10.1. The van der Waals surface area contributed by atoms with Gasteiger partial charge in [-0.1, -0.05) is 18.9 Å². The van der Waals surface area contributed by atoms with Gasteiger partial charge in [0.25, 0.3) is 0 Å². The van der Waals surface area contributed by atoms with Crippen molar-refractivity contribution in [1.29, 1.82) is 0 Å². The van der Waals surface area contributed by atoms with Crippen LogP contribution >= 0.6 is 24.0 Å². The van der Waals surface area contributed by atoms with Crippen molar-refractivity contribution >= 4 is 35.8 Å². The third kappa shape index (κ3) is 5.16. The molecule has 0 aromatic carbocycles. The lowest BCUT2D eigenvalue weighted by Gasteiger charge is -2.21. The number of hydrogen-bond donors (Lipinski definition) is 2. The first-order valence-electron chi connectivity index (χ1n) is 7.61. The van der Waals surface area contributed by atoms with Crippen LogP contribution < -0.4 is 10.6 Å². The molecule has 1 amide bonds. The number of nitrogens with one attached hydrogen (secondary N) is 2. The minimum atomic E-state index is 0. The van der Waals surface area contributed by atoms with Gasteiger partial charge in [0.1, 0.15) is 0 Å². The molecule has 1 unspecified atom stereocenters. The zero-order valence-corrected chi connectivity index (χ0v) is 15.1. The van der Waals surface area contributed by atoms with Crippen molar-refractivity contribution in [1.82, 2.24) is 15.5 Å². The molecule has 1 saturated carbocycles. The van der Waals surface area contributed by atoms with E-state index >= 15 is 0 Å². The van der Waals surface area contributed by atoms with E-state index in [0.717, 1.165) is 38.3 Å². The highest BCUT2D eigenvalue weighted by atomic mass is 127. The molecule has 1 heterocycles. The Hall–Kier alpha value is -0.790. The smallest absolute Gasteiger partial charge is 0.225 e. The first-order chi connectivity index (χ1) is 9.74. The number of carbonyl (C=O) groups excluding carboxylic acids is 1. The van der Waals surface area contributed by atoms with Crippen molar-refractivity contribution in [2.75, 3.05) is 26.7 Å². The summed E-state index contributed by atoms with van der Waals surface area (Å²) in [4.78, 5) is 18.6. The van der Waals surface area contributed by atoms with Crippen LogP contribution in [-0.2, 0) is 4.79 Å². The largest absolute Gasteiger partial charge is 0.353 e. The van der Waals surface area contributed by atoms with E-state index in [-0.39, 0.29) is 29.9 Å². The predicted octanol–water partition coefficient (Wildman–Crippen LogP) is 1.75. The Morgan fingerprint density at radius 3 is 2.71 bits per heavy atom. The Bertz CT molecular complexity index is 380. The molecule has 2 N–H and O–H groups in total. The van der Waals surface area contributed by atoms with Crippen LogP contribution in [0.15, 0.2) is 17.6 Å². The van der Waals surface area contributed by atoms with Gasteiger partial charge in [0.15, 0.2) is 5.96 Å². The van der Waals surface area contributed by atoms with Crippen LogP contribution in [-0.4, -0.2) is 49.5 Å². The first kappa shape index (κ1) is 18.3. The van der Waals surface area contributed by atoms with E-state index in [1.165, 1.54) is 12.8 Å². The van der Waals surface area contributed by atoms with Crippen LogP contribution in [0.4, 0.5) is 0 Å². The van der Waals surface area contributed by atoms with Crippen molar-refractivity contribution in [2.45, 2.75) is 38.1 Å². The summed E-state index contributed by atoms with van der Waals surface area (Å²) in [5.74, 6) is 1.43. The highest BCUT2D eigenvalue weighted by Gasteiger charge is 2.32. The molecule has 0 spiro atoms. The van der Waals surface area contributed by atoms with Crippen LogP contribution in [0.5, 0.6) is 0 Å². The molecule has 6 heteroatoms. The molecule has 2 aliphatic rings. The zero-order valence-electron chi connectivity index (χ0n) is 12.8. The number of nitrogens with zero attached hydrogens (tertiary/aromatic N) is 2. The van der Waals surface area contributed by atoms with Gasteiger partial charge >= 0.3 is 0 Å². The van der Waals surface area contributed by atoms with Crippen LogP contribution in [0, 0.1) is 5.92 Å². The number of rotatable bonds is 4. The second-order valence-corrected chi connectivity index (χ2v) is 5.64. The summed E-state index contributed by atoms with van der Waals surface area (Å²) in [5.41, 5.74) is 0. The van der Waals surface area contributed by atoms with Crippen molar-refractivity contribution in [3.8, 4) is 0 Å². The molecule has 2 fully saturated rings. The van der Waals surface area contributed by atoms with Gasteiger partial charge in [-0.3, -0.25) is 9.79 Å². The molecular weight excluding hydrogens is 379 g/mol. The number of carbonyl (C=O) groups is 1. The predicted molar refractivity (Wildman–Crippen MR) is 97.1 cm³/mol. The molecule has 5 nitrogen and oxygen atoms in total. The monoisotopic (exact) mass is 406 g/mol. The van der Waals surface area contributed by atoms with Gasteiger partial charge in [0.05, 0.1) is 0 Å². The molecule has 1 atom stereocenters. The van der Waals surface area contributed by atoms with Crippen LogP contribution in [0.3, 0.4) is 0 Å². The van der Waals surface area contributed by atoms with Gasteiger partial charge in [-0.05, 0) is 19.3 Å². The maximum absolute atomic E-state index is 12.4. The normalized spacial score (nSPS) is 22.8. The van der Waals surface area contributed by atoms with Crippen molar-refractivity contribution in [3.63, 3.8) is 0 Å². The van der Waals surface area contributed by atoms with E-state index < -0.39 is 0 Å². The highest BCUT2D eigenvalue weighted by Crippen LogP contribution is 2.27. The number of hydrogen-bond acceptors (Lipinski definition) is 2. The summed E-state index contributed by atoms with van der Waals surface area (Å²) >= 11 is 0. The van der Waals surface area contributed by atoms with Crippen molar-refractivity contribution in [2.24, 2.45) is 10.9 Å². The number of likely N-dealkylation sites (tertiary alicyclic amines) is 1. The summed E-state index contributed by atoms with van der Waals surface area (Å²) in [7, 11) is 1.76. The van der Waals surface area contributed by atoms with E-state index in [1.807, 2.05) is 4.90 Å². The first-order valence-corrected chi connectivity index (χ1v) is 7.61. The molecule has 1 aliphatic carbocycles. The van der Waals surface area contributed by atoms with E-state index in [4.69, 9.17) is 0 Å². The lowest BCUT2D eigenvalue weighted by Crippen LogP contribution is -2.45. The van der Waals surface area contributed by atoms with Crippen LogP contribution in [0.1, 0.15) is 32.1 Å². The molecule has 0 radical (unpaired) electrons. The third-order valence-corrected chi connectivity index (χ3v) is 4.18. The highest BCUT2D eigenvalue weighted by molar-refractivity contribution is 14.0. The van der Waals surface area contributed by atoms with Crippen molar-refractivity contribution in [3.05, 3.63) is 12.7 Å². The number of halogens is 1. The minimum Gasteiger partial charge on any atom is -0.353 e. The minimum absolute atomic E-state index is 0. The maximum Gasteiger partial charge on any atom is 0.225 e. The van der Waals surface area contributed by atoms with Gasteiger partial charge in [-0.25, -0.2) is 0 Å². The Balaban J connectivity index is 0.00000220. The van der Waals surface area contributed by atoms with E-state index in [0.29, 0.717) is 18.5 Å². The second kappa shape index (κ2) is 9.27. The summed E-state index contributed by atoms with van der Waals surface area (Å²) in [6.45, 7) is 6.03. The fraction of sp³-hybridized carbons (Fsp3) is 0.733. The Morgan fingerprint density at radius 2 is 2.10 bits per heavy atom. The van der Waals surface area contributed by atoms with Gasteiger partial charge in [0, 0.05) is 38.6 Å². The molecule has 1 aliphatic heterocycles. The maximum atomic E-state index is 12.4. The second-order valence-electron chi connectivity index (χ2n) is 5.64. The molecule has 21 heavy (non-hydrogen) atoms. The Labute approximate surface area is 144 Å². The average molecular weight is 406 g/mol. The number of guanidine groups is 1. The van der Waals surface area contributed by atoms with Gasteiger partial charge in [-0.15, -0.1) is 30.6 Å². The molecule has 0 bridgehead atoms. The third-order valence-electron chi connectivity index (χ3n) is 4.18. The standard InChI is InChI=1S/C15H26N4O.HI/c1-3-9-17-15(16-2)18-13-8-10-19(11-13)14(20)12-6-4-5-7-12;/h3,12-13H,1,4-11H2,2H3,(H2,16,17,18);1H. The van der Waals surface area contributed by atoms with Crippen molar-refractivity contribution < 1.29 is 4.79 Å². The molecule has 2 rings (SSSR count). The molecule has 0 aromatic rings. The summed E-state index contributed by atoms with van der Waals surface area (Å²) < 4.78 is 0. The average Bonchev–Trinajstić information content (AvgIpc) is 3.13. The van der Waals surface area contributed by atoms with Gasteiger partial charge in [0.2, 0.25) is 5.91 Å². The van der Waals surface area contributed by atoms with Gasteiger partial charge < -0.3 is 15.5 Å². The van der Waals surface area contributed by atoms with E-state index in [9.17, 15) is 4.79 Å². The number of aliphatic imine (C=N–C) groups is 1. The Morgan fingerprint density at radius 1 is 1.38 bits per heavy atom. The van der Waals surface area contributed by atoms with E-state index in [2.05, 4.69) is 22.2 Å². The SMILES string of the molecule is C=CCNC(=NC)NC1CCN(C(=O)C2CCCC2)C1.I. The fourth-order valence-corrected chi connectivity index (χ4v) is 3.07. The summed E-state index contributed by atoms with van der Waals surface area (Å²) in [6.07, 6.45) is 7.38. The summed E-state index contributed by atoms with van der Waals surface area (Å²) in [5, 5.41) is 6.54.